The topological polar surface area (TPSA) is 47.6 Å². The summed E-state index contributed by atoms with van der Waals surface area (Å²) in [5.74, 6) is -0.0996. The molecule has 0 radical (unpaired) electrons. The molecule has 0 heterocycles. The molecule has 34 heavy (non-hydrogen) atoms. The van der Waals surface area contributed by atoms with Gasteiger partial charge in [-0.2, -0.15) is 10.5 Å². The van der Waals surface area contributed by atoms with E-state index >= 15 is 0 Å². The Kier molecular flexibility index (Phi) is 8.25. The highest BCUT2D eigenvalue weighted by Crippen LogP contribution is 2.44. The monoisotopic (exact) mass is 474 g/mol. The van der Waals surface area contributed by atoms with E-state index in [-0.39, 0.29) is 10.5 Å². The Labute approximate surface area is 209 Å². The average molecular weight is 475 g/mol. The molecule has 0 N–H and O–H groups in total. The maximum atomic E-state index is 9.44. The molecule has 3 aromatic rings. The number of thiocyanates is 2. The molecule has 164 valence electrons. The summed E-state index contributed by atoms with van der Waals surface area (Å²) >= 11 is 2.29. The van der Waals surface area contributed by atoms with Crippen molar-refractivity contribution < 1.29 is 0 Å². The van der Waals surface area contributed by atoms with E-state index in [1.54, 1.807) is 0 Å². The lowest BCUT2D eigenvalue weighted by atomic mass is 9.80. The van der Waals surface area contributed by atoms with Crippen molar-refractivity contribution in [3.8, 4) is 10.8 Å². The maximum absolute atomic E-state index is 9.44. The van der Waals surface area contributed by atoms with Gasteiger partial charge in [0.05, 0.1) is 4.58 Å². The van der Waals surface area contributed by atoms with Gasteiger partial charge in [-0.15, -0.1) is 0 Å². The predicted octanol–water partition coefficient (Wildman–Crippen LogP) is 8.18. The Hall–Kier alpha value is -3.70. The number of thioether (sulfide) groups is 2. The molecule has 1 aliphatic rings. The van der Waals surface area contributed by atoms with E-state index in [1.165, 1.54) is 0 Å². The van der Waals surface area contributed by atoms with Crippen molar-refractivity contribution in [2.45, 2.75) is 4.58 Å². The van der Waals surface area contributed by atoms with E-state index in [0.717, 1.165) is 56.9 Å². The van der Waals surface area contributed by atoms with E-state index in [0.29, 0.717) is 0 Å². The second kappa shape index (κ2) is 12.0. The van der Waals surface area contributed by atoms with Crippen molar-refractivity contribution in [1.82, 2.24) is 0 Å². The standard InChI is InChI=1S/C30H22N2S2/c31-21-33-30(34-22-32)27-17-16-26(18-23-10-4-1-5-11-23)28(19-24-12-6-2-7-13-24)29(27)20-25-14-8-3-9-15-25/h1-20,27,30H. The van der Waals surface area contributed by atoms with Gasteiger partial charge in [-0.1, -0.05) is 109 Å². The van der Waals surface area contributed by atoms with E-state index in [1.807, 2.05) is 54.6 Å². The minimum Gasteiger partial charge on any atom is -0.185 e. The van der Waals surface area contributed by atoms with Crippen molar-refractivity contribution in [1.29, 1.82) is 10.5 Å². The number of rotatable bonds is 6. The van der Waals surface area contributed by atoms with Crippen LogP contribution in [0.4, 0.5) is 0 Å². The molecule has 0 saturated carbocycles. The van der Waals surface area contributed by atoms with Crippen molar-refractivity contribution in [2.75, 3.05) is 0 Å². The van der Waals surface area contributed by atoms with Gasteiger partial charge in [-0.3, -0.25) is 0 Å². The van der Waals surface area contributed by atoms with Crippen LogP contribution in [0.3, 0.4) is 0 Å². The summed E-state index contributed by atoms with van der Waals surface area (Å²) in [6.07, 6.45) is 10.8. The average Bonchev–Trinajstić information content (AvgIpc) is 2.88. The van der Waals surface area contributed by atoms with Crippen LogP contribution in [0, 0.1) is 27.2 Å². The van der Waals surface area contributed by atoms with Gasteiger partial charge in [0.1, 0.15) is 10.8 Å². The van der Waals surface area contributed by atoms with Crippen LogP contribution < -0.4 is 0 Å². The summed E-state index contributed by atoms with van der Waals surface area (Å²) in [4.78, 5) is 0. The Balaban J connectivity index is 1.93. The highest BCUT2D eigenvalue weighted by molar-refractivity contribution is 8.21. The number of nitrogens with zero attached hydrogens (tertiary/aromatic N) is 2. The van der Waals surface area contributed by atoms with Gasteiger partial charge in [0.2, 0.25) is 0 Å². The first-order valence-electron chi connectivity index (χ1n) is 10.9. The quantitative estimate of drug-likeness (QED) is 0.267. The molecule has 2 nitrogen and oxygen atoms in total. The van der Waals surface area contributed by atoms with E-state index in [9.17, 15) is 10.5 Å². The Morgan fingerprint density at radius 1 is 0.647 bits per heavy atom. The molecule has 1 aliphatic carbocycles. The number of hydrogen-bond acceptors (Lipinski definition) is 4. The zero-order valence-electron chi connectivity index (χ0n) is 18.4. The van der Waals surface area contributed by atoms with Crippen LogP contribution in [-0.2, 0) is 0 Å². The molecular weight excluding hydrogens is 452 g/mol. The van der Waals surface area contributed by atoms with Gasteiger partial charge in [0.25, 0.3) is 0 Å². The molecule has 1 atom stereocenters. The lowest BCUT2D eigenvalue weighted by molar-refractivity contribution is 0.855. The van der Waals surface area contributed by atoms with Gasteiger partial charge in [0, 0.05) is 5.92 Å². The summed E-state index contributed by atoms with van der Waals surface area (Å²) in [6.45, 7) is 0. The normalized spacial score (nSPS) is 18.8. The van der Waals surface area contributed by atoms with Gasteiger partial charge in [-0.05, 0) is 69.1 Å². The maximum Gasteiger partial charge on any atom is 0.134 e. The van der Waals surface area contributed by atoms with Crippen molar-refractivity contribution in [2.24, 2.45) is 5.92 Å². The van der Waals surface area contributed by atoms with Gasteiger partial charge < -0.3 is 0 Å². The van der Waals surface area contributed by atoms with Gasteiger partial charge in [0.15, 0.2) is 0 Å². The summed E-state index contributed by atoms with van der Waals surface area (Å²) < 4.78 is -0.237. The van der Waals surface area contributed by atoms with E-state index in [4.69, 9.17) is 0 Å². The van der Waals surface area contributed by atoms with Gasteiger partial charge >= 0.3 is 0 Å². The number of hydrogen-bond donors (Lipinski definition) is 0. The number of nitriles is 2. The number of allylic oxidation sites excluding steroid dienone is 5. The van der Waals surface area contributed by atoms with Crippen LogP contribution in [-0.4, -0.2) is 4.58 Å². The molecule has 0 bridgehead atoms. The van der Waals surface area contributed by atoms with Crippen LogP contribution in [0.2, 0.25) is 0 Å². The van der Waals surface area contributed by atoms with Crippen LogP contribution >= 0.6 is 23.5 Å². The Morgan fingerprint density at radius 2 is 1.12 bits per heavy atom. The molecule has 0 amide bonds. The van der Waals surface area contributed by atoms with Crippen LogP contribution in [0.5, 0.6) is 0 Å². The predicted molar refractivity (Wildman–Crippen MR) is 146 cm³/mol. The van der Waals surface area contributed by atoms with Crippen LogP contribution in [0.1, 0.15) is 16.7 Å². The highest BCUT2D eigenvalue weighted by Gasteiger charge is 2.30. The van der Waals surface area contributed by atoms with E-state index in [2.05, 4.69) is 77.6 Å². The zero-order valence-corrected chi connectivity index (χ0v) is 20.0. The fourth-order valence-corrected chi connectivity index (χ4v) is 5.33. The fourth-order valence-electron chi connectivity index (χ4n) is 3.90. The first-order chi connectivity index (χ1) is 16.8. The zero-order chi connectivity index (χ0) is 23.6. The lowest BCUT2D eigenvalue weighted by Gasteiger charge is -2.29. The smallest absolute Gasteiger partial charge is 0.134 e. The van der Waals surface area contributed by atoms with E-state index < -0.39 is 0 Å². The summed E-state index contributed by atoms with van der Waals surface area (Å²) in [6, 6.07) is 30.7. The van der Waals surface area contributed by atoms with Crippen LogP contribution in [0.25, 0.3) is 18.2 Å². The third-order valence-electron chi connectivity index (χ3n) is 5.45. The third kappa shape index (κ3) is 6.00. The van der Waals surface area contributed by atoms with Crippen LogP contribution in [0.15, 0.2) is 120 Å². The summed E-state index contributed by atoms with van der Waals surface area (Å²) in [5, 5.41) is 23.3. The molecule has 0 fully saturated rings. The second-order valence-electron chi connectivity index (χ2n) is 7.66. The minimum absolute atomic E-state index is 0.0996. The van der Waals surface area contributed by atoms with Crippen molar-refractivity contribution in [3.63, 3.8) is 0 Å². The molecule has 0 saturated heterocycles. The molecule has 4 rings (SSSR count). The first-order valence-corrected chi connectivity index (χ1v) is 12.6. The number of benzene rings is 3. The fraction of sp³-hybridized carbons (Fsp3) is 0.0667. The minimum atomic E-state index is -0.237. The van der Waals surface area contributed by atoms with Crippen molar-refractivity contribution >= 4 is 41.8 Å². The highest BCUT2D eigenvalue weighted by atomic mass is 32.2. The second-order valence-corrected chi connectivity index (χ2v) is 9.81. The first kappa shape index (κ1) is 23.5. The molecule has 0 spiro atoms. The molecule has 0 aromatic heterocycles. The molecule has 0 aliphatic heterocycles. The largest absolute Gasteiger partial charge is 0.185 e. The Morgan fingerprint density at radius 3 is 1.62 bits per heavy atom. The van der Waals surface area contributed by atoms with Crippen molar-refractivity contribution in [3.05, 3.63) is 137 Å². The Bertz CT molecular complexity index is 1290. The summed E-state index contributed by atoms with van der Waals surface area (Å²) in [7, 11) is 0. The lowest BCUT2D eigenvalue weighted by Crippen LogP contribution is -2.19. The molecular formula is C30H22N2S2. The SMILES string of the molecule is N#CSC(SC#N)C1C=CC(=Cc2ccccc2)C(=Cc2ccccc2)C1=Cc1ccccc1. The summed E-state index contributed by atoms with van der Waals surface area (Å²) in [5.41, 5.74) is 6.58. The third-order valence-corrected chi connectivity index (χ3v) is 7.29. The molecule has 1 unspecified atom stereocenters. The molecule has 3 aromatic carbocycles. The van der Waals surface area contributed by atoms with Gasteiger partial charge in [-0.25, -0.2) is 0 Å². The molecule has 4 heteroatoms.